The number of aliphatic hydroxyl groups excluding tert-OH is 1. The van der Waals surface area contributed by atoms with Gasteiger partial charge in [-0.15, -0.1) is 0 Å². The Morgan fingerprint density at radius 1 is 1.05 bits per heavy atom. The van der Waals surface area contributed by atoms with E-state index in [1.54, 1.807) is 18.2 Å². The summed E-state index contributed by atoms with van der Waals surface area (Å²) in [6, 6.07) is 10.8. The molecule has 1 atom stereocenters. The summed E-state index contributed by atoms with van der Waals surface area (Å²) in [5.41, 5.74) is 1.52. The largest absolute Gasteiger partial charge is 0.493 e. The van der Waals surface area contributed by atoms with Crippen molar-refractivity contribution in [1.29, 1.82) is 0 Å². The topological polar surface area (TPSA) is 38.7 Å². The number of methoxy groups -OCH3 is 2. The van der Waals surface area contributed by atoms with Crippen molar-refractivity contribution in [2.24, 2.45) is 0 Å². The van der Waals surface area contributed by atoms with Crippen molar-refractivity contribution in [2.75, 3.05) is 14.2 Å². The van der Waals surface area contributed by atoms with Crippen LogP contribution >= 0.6 is 23.2 Å². The molecule has 1 N–H and O–H groups in total. The Balaban J connectivity index is 2.29. The maximum atomic E-state index is 10.4. The summed E-state index contributed by atoms with van der Waals surface area (Å²) in [5.74, 6) is 0.936. The molecule has 2 aromatic carbocycles. The highest BCUT2D eigenvalue weighted by atomic mass is 35.5. The van der Waals surface area contributed by atoms with Crippen molar-refractivity contribution < 1.29 is 14.6 Å². The summed E-state index contributed by atoms with van der Waals surface area (Å²) in [6.07, 6.45) is -0.340. The fourth-order valence-corrected chi connectivity index (χ4v) is 2.63. The van der Waals surface area contributed by atoms with Gasteiger partial charge in [0.15, 0.2) is 11.5 Å². The first-order valence-electron chi connectivity index (χ1n) is 6.39. The van der Waals surface area contributed by atoms with Gasteiger partial charge in [-0.1, -0.05) is 41.4 Å². The van der Waals surface area contributed by atoms with Gasteiger partial charge in [-0.25, -0.2) is 0 Å². The van der Waals surface area contributed by atoms with Gasteiger partial charge in [-0.2, -0.15) is 0 Å². The highest BCUT2D eigenvalue weighted by Gasteiger charge is 2.16. The maximum absolute atomic E-state index is 10.4. The van der Waals surface area contributed by atoms with E-state index in [1.165, 1.54) is 14.2 Å². The quantitative estimate of drug-likeness (QED) is 0.890. The van der Waals surface area contributed by atoms with Gasteiger partial charge in [-0.3, -0.25) is 0 Å². The van der Waals surface area contributed by atoms with Gasteiger partial charge < -0.3 is 14.6 Å². The molecule has 21 heavy (non-hydrogen) atoms. The molecule has 0 aliphatic heterocycles. The van der Waals surface area contributed by atoms with Crippen LogP contribution < -0.4 is 9.47 Å². The Kier molecular flexibility index (Phi) is 5.34. The van der Waals surface area contributed by atoms with Crippen LogP contribution in [-0.4, -0.2) is 19.3 Å². The number of hydrogen-bond donors (Lipinski definition) is 1. The lowest BCUT2D eigenvalue weighted by atomic mass is 10.0. The van der Waals surface area contributed by atoms with Crippen LogP contribution in [-0.2, 0) is 6.42 Å². The SMILES string of the molecule is COc1cc(C(O)Cc2ccccc2Cl)cc(Cl)c1OC. The molecule has 0 fully saturated rings. The molecule has 2 rings (SSSR count). The van der Waals surface area contributed by atoms with Crippen LogP contribution in [0.15, 0.2) is 36.4 Å². The van der Waals surface area contributed by atoms with Crippen LogP contribution in [0, 0.1) is 0 Å². The third kappa shape index (κ3) is 3.62. The highest BCUT2D eigenvalue weighted by molar-refractivity contribution is 6.32. The molecule has 0 amide bonds. The van der Waals surface area contributed by atoms with Crippen LogP contribution in [0.25, 0.3) is 0 Å². The summed E-state index contributed by atoms with van der Waals surface area (Å²) in [4.78, 5) is 0. The lowest BCUT2D eigenvalue weighted by molar-refractivity contribution is 0.178. The van der Waals surface area contributed by atoms with E-state index in [2.05, 4.69) is 0 Å². The Bertz CT molecular complexity index is 629. The van der Waals surface area contributed by atoms with E-state index >= 15 is 0 Å². The minimum absolute atomic E-state index is 0.394. The van der Waals surface area contributed by atoms with Crippen molar-refractivity contribution in [1.82, 2.24) is 0 Å². The number of aliphatic hydroxyl groups is 1. The molecule has 0 bridgehead atoms. The van der Waals surface area contributed by atoms with Gasteiger partial charge in [0.25, 0.3) is 0 Å². The van der Waals surface area contributed by atoms with Crippen LogP contribution in [0.3, 0.4) is 0 Å². The second-order valence-corrected chi connectivity index (χ2v) is 5.36. The van der Waals surface area contributed by atoms with E-state index < -0.39 is 6.10 Å². The molecule has 3 nitrogen and oxygen atoms in total. The van der Waals surface area contributed by atoms with Crippen molar-refractivity contribution >= 4 is 23.2 Å². The third-order valence-corrected chi connectivity index (χ3v) is 3.86. The van der Waals surface area contributed by atoms with E-state index in [0.717, 1.165) is 5.56 Å². The standard InChI is InChI=1S/C16H16Cl2O3/c1-20-15-9-11(7-13(18)16(15)21-2)14(19)8-10-5-3-4-6-12(10)17/h3-7,9,14,19H,8H2,1-2H3. The zero-order valence-corrected chi connectivity index (χ0v) is 13.3. The fourth-order valence-electron chi connectivity index (χ4n) is 2.12. The molecule has 2 aromatic rings. The molecule has 0 aromatic heterocycles. The summed E-state index contributed by atoms with van der Waals surface area (Å²) in [7, 11) is 3.04. The van der Waals surface area contributed by atoms with Gasteiger partial charge in [0.1, 0.15) is 0 Å². The Morgan fingerprint density at radius 2 is 1.76 bits per heavy atom. The Hall–Kier alpha value is -1.42. The first-order valence-corrected chi connectivity index (χ1v) is 7.15. The van der Waals surface area contributed by atoms with Gasteiger partial charge in [0.2, 0.25) is 0 Å². The first kappa shape index (κ1) is 16.0. The average molecular weight is 327 g/mol. The minimum Gasteiger partial charge on any atom is -0.493 e. The molecular weight excluding hydrogens is 311 g/mol. The van der Waals surface area contributed by atoms with E-state index in [-0.39, 0.29) is 0 Å². The zero-order chi connectivity index (χ0) is 15.4. The zero-order valence-electron chi connectivity index (χ0n) is 11.8. The fraction of sp³-hybridized carbons (Fsp3) is 0.250. The third-order valence-electron chi connectivity index (χ3n) is 3.21. The average Bonchev–Trinajstić information content (AvgIpc) is 2.48. The van der Waals surface area contributed by atoms with Gasteiger partial charge in [0.05, 0.1) is 25.3 Å². The normalized spacial score (nSPS) is 12.0. The summed E-state index contributed by atoms with van der Waals surface area (Å²) >= 11 is 12.3. The van der Waals surface area contributed by atoms with Crippen LogP contribution in [0.4, 0.5) is 0 Å². The molecule has 0 aliphatic carbocycles. The number of rotatable bonds is 5. The van der Waals surface area contributed by atoms with E-state index in [0.29, 0.717) is 33.5 Å². The second kappa shape index (κ2) is 7.03. The van der Waals surface area contributed by atoms with Crippen molar-refractivity contribution in [2.45, 2.75) is 12.5 Å². The molecule has 5 heteroatoms. The molecule has 1 unspecified atom stereocenters. The lowest BCUT2D eigenvalue weighted by Crippen LogP contribution is -2.04. The second-order valence-electron chi connectivity index (χ2n) is 4.55. The highest BCUT2D eigenvalue weighted by Crippen LogP contribution is 2.38. The molecular formula is C16H16Cl2O3. The summed E-state index contributed by atoms with van der Waals surface area (Å²) in [5, 5.41) is 11.4. The number of benzene rings is 2. The molecule has 0 saturated carbocycles. The van der Waals surface area contributed by atoms with Crippen LogP contribution in [0.1, 0.15) is 17.2 Å². The molecule has 112 valence electrons. The van der Waals surface area contributed by atoms with Crippen molar-refractivity contribution in [3.05, 3.63) is 57.6 Å². The molecule has 0 radical (unpaired) electrons. The number of ether oxygens (including phenoxy) is 2. The minimum atomic E-state index is -0.734. The predicted molar refractivity (Wildman–Crippen MR) is 84.7 cm³/mol. The van der Waals surface area contributed by atoms with Crippen LogP contribution in [0.5, 0.6) is 11.5 Å². The number of halogens is 2. The van der Waals surface area contributed by atoms with Crippen molar-refractivity contribution in [3.8, 4) is 11.5 Å². The van der Waals surface area contributed by atoms with E-state index in [1.807, 2.05) is 18.2 Å². The molecule has 0 aliphatic rings. The van der Waals surface area contributed by atoms with Crippen molar-refractivity contribution in [3.63, 3.8) is 0 Å². The summed E-state index contributed by atoms with van der Waals surface area (Å²) in [6.45, 7) is 0. The summed E-state index contributed by atoms with van der Waals surface area (Å²) < 4.78 is 10.4. The first-order chi connectivity index (χ1) is 10.1. The Morgan fingerprint density at radius 3 is 2.38 bits per heavy atom. The lowest BCUT2D eigenvalue weighted by Gasteiger charge is -2.16. The van der Waals surface area contributed by atoms with E-state index in [9.17, 15) is 5.11 Å². The van der Waals surface area contributed by atoms with E-state index in [4.69, 9.17) is 32.7 Å². The maximum Gasteiger partial charge on any atom is 0.179 e. The van der Waals surface area contributed by atoms with Gasteiger partial charge in [0, 0.05) is 11.4 Å². The van der Waals surface area contributed by atoms with Gasteiger partial charge in [-0.05, 0) is 29.3 Å². The predicted octanol–water partition coefficient (Wildman–Crippen LogP) is 4.29. The molecule has 0 heterocycles. The van der Waals surface area contributed by atoms with Crippen LogP contribution in [0.2, 0.25) is 10.0 Å². The number of hydrogen-bond acceptors (Lipinski definition) is 3. The molecule has 0 spiro atoms. The molecule has 0 saturated heterocycles. The monoisotopic (exact) mass is 326 g/mol. The smallest absolute Gasteiger partial charge is 0.179 e. The Labute approximate surface area is 134 Å². The van der Waals surface area contributed by atoms with Gasteiger partial charge >= 0.3 is 0 Å².